The van der Waals surface area contributed by atoms with E-state index in [1.807, 2.05) is 6.92 Å². The third kappa shape index (κ3) is 2.24. The first-order valence-corrected chi connectivity index (χ1v) is 6.62. The fraction of sp³-hybridized carbons (Fsp3) is 0.333. The molecule has 0 amide bonds. The van der Waals surface area contributed by atoms with E-state index in [1.54, 1.807) is 7.05 Å². The lowest BCUT2D eigenvalue weighted by Gasteiger charge is -2.12. The van der Waals surface area contributed by atoms with Gasteiger partial charge in [0.05, 0.1) is 5.69 Å². The second-order valence-electron chi connectivity index (χ2n) is 5.05. The van der Waals surface area contributed by atoms with Gasteiger partial charge in [-0.2, -0.15) is 0 Å². The lowest BCUT2D eigenvalue weighted by atomic mass is 10.1. The van der Waals surface area contributed by atoms with Gasteiger partial charge in [0.1, 0.15) is 23.3 Å². The largest absolute Gasteiger partial charge is 0.373 e. The van der Waals surface area contributed by atoms with Gasteiger partial charge in [-0.25, -0.2) is 18.7 Å². The molecular weight excluding hydrogens is 260 g/mol. The van der Waals surface area contributed by atoms with Gasteiger partial charge in [-0.1, -0.05) is 0 Å². The molecule has 1 aliphatic carbocycles. The van der Waals surface area contributed by atoms with E-state index in [2.05, 4.69) is 15.3 Å². The highest BCUT2D eigenvalue weighted by Crippen LogP contribution is 2.40. The highest BCUT2D eigenvalue weighted by atomic mass is 19.1. The van der Waals surface area contributed by atoms with E-state index in [1.165, 1.54) is 12.1 Å². The number of benzene rings is 1. The molecule has 2 aromatic rings. The van der Waals surface area contributed by atoms with Gasteiger partial charge in [-0.05, 0) is 31.9 Å². The van der Waals surface area contributed by atoms with Gasteiger partial charge >= 0.3 is 0 Å². The molecule has 0 saturated heterocycles. The summed E-state index contributed by atoms with van der Waals surface area (Å²) in [6.45, 7) is 1.83. The van der Waals surface area contributed by atoms with E-state index in [-0.39, 0.29) is 0 Å². The van der Waals surface area contributed by atoms with Crippen LogP contribution in [0.15, 0.2) is 18.2 Å². The van der Waals surface area contributed by atoms with Crippen molar-refractivity contribution in [3.8, 4) is 11.3 Å². The Labute approximate surface area is 116 Å². The van der Waals surface area contributed by atoms with Crippen LogP contribution in [0, 0.1) is 18.6 Å². The van der Waals surface area contributed by atoms with Crippen LogP contribution in [0.5, 0.6) is 0 Å². The second-order valence-corrected chi connectivity index (χ2v) is 5.05. The number of hydrogen-bond acceptors (Lipinski definition) is 3. The summed E-state index contributed by atoms with van der Waals surface area (Å²) >= 11 is 0. The summed E-state index contributed by atoms with van der Waals surface area (Å²) in [4.78, 5) is 8.96. The summed E-state index contributed by atoms with van der Waals surface area (Å²) in [6, 6.07) is 3.55. The molecule has 0 bridgehead atoms. The van der Waals surface area contributed by atoms with Crippen molar-refractivity contribution < 1.29 is 8.78 Å². The first-order valence-electron chi connectivity index (χ1n) is 6.62. The number of anilines is 1. The van der Waals surface area contributed by atoms with Crippen molar-refractivity contribution in [1.29, 1.82) is 0 Å². The van der Waals surface area contributed by atoms with Gasteiger partial charge in [-0.3, -0.25) is 0 Å². The molecule has 20 heavy (non-hydrogen) atoms. The molecule has 1 N–H and O–H groups in total. The van der Waals surface area contributed by atoms with Crippen LogP contribution in [0.25, 0.3) is 11.3 Å². The summed E-state index contributed by atoms with van der Waals surface area (Å²) in [5.41, 5.74) is 1.61. The average Bonchev–Trinajstić information content (AvgIpc) is 3.24. The smallest absolute Gasteiger partial charge is 0.135 e. The minimum atomic E-state index is -0.601. The van der Waals surface area contributed by atoms with Crippen molar-refractivity contribution in [2.45, 2.75) is 25.7 Å². The molecular formula is C15H15F2N3. The number of halogens is 2. The molecule has 1 heterocycles. The summed E-state index contributed by atoms with van der Waals surface area (Å²) < 4.78 is 27.0. The molecule has 0 radical (unpaired) electrons. The van der Waals surface area contributed by atoms with E-state index in [0.717, 1.165) is 30.3 Å². The second kappa shape index (κ2) is 4.81. The normalized spacial score (nSPS) is 14.4. The molecule has 3 rings (SSSR count). The molecule has 1 fully saturated rings. The number of hydrogen-bond donors (Lipinski definition) is 1. The van der Waals surface area contributed by atoms with Crippen molar-refractivity contribution >= 4 is 5.82 Å². The molecule has 1 aliphatic rings. The Morgan fingerprint density at radius 2 is 1.95 bits per heavy atom. The Kier molecular flexibility index (Phi) is 3.12. The van der Waals surface area contributed by atoms with E-state index in [0.29, 0.717) is 23.0 Å². The first kappa shape index (κ1) is 13.0. The number of nitrogens with zero attached hydrogens (tertiary/aromatic N) is 2. The quantitative estimate of drug-likeness (QED) is 0.929. The van der Waals surface area contributed by atoms with Crippen LogP contribution < -0.4 is 5.32 Å². The fourth-order valence-corrected chi connectivity index (χ4v) is 2.25. The Morgan fingerprint density at radius 3 is 2.55 bits per heavy atom. The van der Waals surface area contributed by atoms with Crippen LogP contribution in [0.4, 0.5) is 14.6 Å². The lowest BCUT2D eigenvalue weighted by molar-refractivity contribution is 0.585. The molecule has 5 heteroatoms. The standard InChI is InChI=1S/C15H15F2N3/c1-8-13(11-6-5-10(16)7-12(11)17)19-15(9-3-4-9)20-14(8)18-2/h5-7,9H,3-4H2,1-2H3,(H,18,19,20). The van der Waals surface area contributed by atoms with Crippen molar-refractivity contribution in [1.82, 2.24) is 9.97 Å². The lowest BCUT2D eigenvalue weighted by Crippen LogP contribution is -2.05. The average molecular weight is 275 g/mol. The Balaban J connectivity index is 2.18. The maximum absolute atomic E-state index is 14.0. The van der Waals surface area contributed by atoms with Crippen LogP contribution in [-0.2, 0) is 0 Å². The number of aromatic nitrogens is 2. The third-order valence-corrected chi connectivity index (χ3v) is 3.53. The Morgan fingerprint density at radius 1 is 1.20 bits per heavy atom. The molecule has 0 atom stereocenters. The van der Waals surface area contributed by atoms with Gasteiger partial charge in [0.25, 0.3) is 0 Å². The molecule has 0 aliphatic heterocycles. The highest BCUT2D eigenvalue weighted by Gasteiger charge is 2.28. The van der Waals surface area contributed by atoms with Crippen LogP contribution in [0.2, 0.25) is 0 Å². The topological polar surface area (TPSA) is 37.8 Å². The zero-order valence-corrected chi connectivity index (χ0v) is 11.4. The first-order chi connectivity index (χ1) is 9.60. The van der Waals surface area contributed by atoms with E-state index >= 15 is 0 Å². The van der Waals surface area contributed by atoms with Crippen LogP contribution in [-0.4, -0.2) is 17.0 Å². The van der Waals surface area contributed by atoms with E-state index < -0.39 is 11.6 Å². The van der Waals surface area contributed by atoms with Gasteiger partial charge in [0.2, 0.25) is 0 Å². The predicted molar refractivity (Wildman–Crippen MR) is 73.6 cm³/mol. The fourth-order valence-electron chi connectivity index (χ4n) is 2.25. The van der Waals surface area contributed by atoms with Crippen molar-refractivity contribution in [3.63, 3.8) is 0 Å². The van der Waals surface area contributed by atoms with Crippen molar-refractivity contribution in [2.75, 3.05) is 12.4 Å². The predicted octanol–water partition coefficient (Wildman–Crippen LogP) is 3.65. The maximum atomic E-state index is 14.0. The Hall–Kier alpha value is -2.04. The summed E-state index contributed by atoms with van der Waals surface area (Å²) in [6.07, 6.45) is 2.13. The molecule has 0 spiro atoms. The van der Waals surface area contributed by atoms with Crippen molar-refractivity contribution in [3.05, 3.63) is 41.2 Å². The number of nitrogens with one attached hydrogen (secondary N) is 1. The highest BCUT2D eigenvalue weighted by molar-refractivity contribution is 5.68. The maximum Gasteiger partial charge on any atom is 0.135 e. The summed E-state index contributed by atoms with van der Waals surface area (Å²) in [7, 11) is 1.77. The molecule has 0 unspecified atom stereocenters. The molecule has 3 nitrogen and oxygen atoms in total. The van der Waals surface area contributed by atoms with Gasteiger partial charge < -0.3 is 5.32 Å². The molecule has 1 saturated carbocycles. The van der Waals surface area contributed by atoms with E-state index in [4.69, 9.17) is 0 Å². The van der Waals surface area contributed by atoms with Gasteiger partial charge in [0, 0.05) is 30.2 Å². The summed E-state index contributed by atoms with van der Waals surface area (Å²) in [5.74, 6) is 0.606. The number of rotatable bonds is 3. The SMILES string of the molecule is CNc1nc(C2CC2)nc(-c2ccc(F)cc2F)c1C. The van der Waals surface area contributed by atoms with E-state index in [9.17, 15) is 8.78 Å². The van der Waals surface area contributed by atoms with Gasteiger partial charge in [0.15, 0.2) is 0 Å². The third-order valence-electron chi connectivity index (χ3n) is 3.53. The molecule has 1 aromatic heterocycles. The van der Waals surface area contributed by atoms with Crippen LogP contribution in [0.3, 0.4) is 0 Å². The van der Waals surface area contributed by atoms with Gasteiger partial charge in [-0.15, -0.1) is 0 Å². The molecule has 1 aromatic carbocycles. The zero-order valence-electron chi connectivity index (χ0n) is 11.4. The minimum Gasteiger partial charge on any atom is -0.373 e. The van der Waals surface area contributed by atoms with Crippen LogP contribution in [0.1, 0.15) is 30.1 Å². The monoisotopic (exact) mass is 275 g/mol. The van der Waals surface area contributed by atoms with Crippen molar-refractivity contribution in [2.24, 2.45) is 0 Å². The summed E-state index contributed by atoms with van der Waals surface area (Å²) in [5, 5.41) is 3.01. The Bertz CT molecular complexity index is 666. The molecule has 104 valence electrons. The minimum absolute atomic E-state index is 0.310. The zero-order chi connectivity index (χ0) is 14.3. The van der Waals surface area contributed by atoms with Crippen LogP contribution >= 0.6 is 0 Å².